The summed E-state index contributed by atoms with van der Waals surface area (Å²) in [6, 6.07) is 3.01. The van der Waals surface area contributed by atoms with Gasteiger partial charge in [0.1, 0.15) is 0 Å². The Hall–Kier alpha value is -0.730. The lowest BCUT2D eigenvalue weighted by Gasteiger charge is -2.09. The number of nitrogens with zero attached hydrogens (tertiary/aromatic N) is 2. The number of thioether (sulfide) groups is 1. The number of hydrogen-bond donors (Lipinski definition) is 2. The molecule has 2 rings (SSSR count). The number of carbonyl (C=O) groups is 1. The average Bonchev–Trinajstić information content (AvgIpc) is 2.77. The van der Waals surface area contributed by atoms with E-state index in [1.165, 1.54) is 35.2 Å². The van der Waals surface area contributed by atoms with Crippen LogP contribution in [0.3, 0.4) is 0 Å². The zero-order valence-corrected chi connectivity index (χ0v) is 13.6. The predicted molar refractivity (Wildman–Crippen MR) is 85.1 cm³/mol. The number of nitrogen functional groups attached to an aromatic ring is 1. The molecule has 1 aromatic heterocycles. The molecule has 0 fully saturated rings. The summed E-state index contributed by atoms with van der Waals surface area (Å²) < 4.78 is 0.617. The first-order chi connectivity index (χ1) is 9.45. The van der Waals surface area contributed by atoms with Crippen LogP contribution < -0.4 is 11.1 Å². The van der Waals surface area contributed by atoms with E-state index in [2.05, 4.69) is 15.5 Å². The summed E-state index contributed by atoms with van der Waals surface area (Å²) in [4.78, 5) is 11.8. The summed E-state index contributed by atoms with van der Waals surface area (Å²) in [6.45, 7) is 0. The van der Waals surface area contributed by atoms with E-state index in [0.717, 1.165) is 0 Å². The summed E-state index contributed by atoms with van der Waals surface area (Å²) in [6.07, 6.45) is 0. The van der Waals surface area contributed by atoms with Gasteiger partial charge in [-0.05, 0) is 12.1 Å². The summed E-state index contributed by atoms with van der Waals surface area (Å²) in [5.41, 5.74) is 5.78. The van der Waals surface area contributed by atoms with Crippen molar-refractivity contribution >= 4 is 74.6 Å². The molecule has 1 heterocycles. The number of rotatable bonds is 4. The molecular weight excluding hydrogens is 363 g/mol. The van der Waals surface area contributed by atoms with Crippen LogP contribution in [0.25, 0.3) is 0 Å². The monoisotopic (exact) mass is 368 g/mol. The number of aromatic nitrogens is 2. The smallest absolute Gasteiger partial charge is 0.234 e. The lowest BCUT2D eigenvalue weighted by molar-refractivity contribution is -0.113. The zero-order chi connectivity index (χ0) is 14.7. The first-order valence-electron chi connectivity index (χ1n) is 5.12. The van der Waals surface area contributed by atoms with Gasteiger partial charge in [0.05, 0.1) is 21.5 Å². The van der Waals surface area contributed by atoms with E-state index >= 15 is 0 Å². The minimum Gasteiger partial charge on any atom is -0.374 e. The maximum Gasteiger partial charge on any atom is 0.234 e. The van der Waals surface area contributed by atoms with Crippen LogP contribution in [-0.2, 0) is 4.79 Å². The topological polar surface area (TPSA) is 80.9 Å². The van der Waals surface area contributed by atoms with Crippen molar-refractivity contribution < 1.29 is 4.79 Å². The molecule has 106 valence electrons. The third-order valence-corrected chi connectivity index (χ3v) is 4.72. The van der Waals surface area contributed by atoms with Crippen LogP contribution >= 0.6 is 57.9 Å². The Morgan fingerprint density at radius 3 is 2.50 bits per heavy atom. The minimum absolute atomic E-state index is 0.143. The van der Waals surface area contributed by atoms with Gasteiger partial charge in [-0.3, -0.25) is 4.79 Å². The molecule has 0 radical (unpaired) electrons. The molecular formula is C10H7Cl3N4OS2. The third-order valence-electron chi connectivity index (χ3n) is 2.02. The fraction of sp³-hybridized carbons (Fsp3) is 0.100. The van der Waals surface area contributed by atoms with Gasteiger partial charge < -0.3 is 11.1 Å². The van der Waals surface area contributed by atoms with Crippen molar-refractivity contribution in [3.8, 4) is 0 Å². The van der Waals surface area contributed by atoms with E-state index in [0.29, 0.717) is 20.2 Å². The Morgan fingerprint density at radius 2 is 1.95 bits per heavy atom. The van der Waals surface area contributed by atoms with Gasteiger partial charge in [-0.15, -0.1) is 10.2 Å². The lowest BCUT2D eigenvalue weighted by Crippen LogP contribution is -2.14. The van der Waals surface area contributed by atoms with Gasteiger partial charge in [-0.1, -0.05) is 57.9 Å². The van der Waals surface area contributed by atoms with E-state index in [-0.39, 0.29) is 21.7 Å². The van der Waals surface area contributed by atoms with Crippen molar-refractivity contribution in [1.82, 2.24) is 10.2 Å². The van der Waals surface area contributed by atoms with Crippen LogP contribution in [0.5, 0.6) is 0 Å². The van der Waals surface area contributed by atoms with Crippen molar-refractivity contribution in [3.05, 3.63) is 27.2 Å². The average molecular weight is 370 g/mol. The molecule has 1 aromatic carbocycles. The number of benzene rings is 1. The Kier molecular flexibility index (Phi) is 5.34. The summed E-state index contributed by atoms with van der Waals surface area (Å²) in [5, 5.41) is 11.4. The molecule has 0 unspecified atom stereocenters. The Balaban J connectivity index is 1.98. The molecule has 0 aliphatic rings. The molecule has 0 bridgehead atoms. The van der Waals surface area contributed by atoms with Crippen molar-refractivity contribution in [2.24, 2.45) is 0 Å². The Morgan fingerprint density at radius 1 is 1.30 bits per heavy atom. The molecule has 20 heavy (non-hydrogen) atoms. The van der Waals surface area contributed by atoms with Crippen LogP contribution in [-0.4, -0.2) is 21.9 Å². The molecule has 0 aliphatic heterocycles. The first kappa shape index (κ1) is 15.7. The number of carbonyl (C=O) groups excluding carboxylic acids is 1. The summed E-state index contributed by atoms with van der Waals surface area (Å²) in [7, 11) is 0. The molecule has 0 atom stereocenters. The highest BCUT2D eigenvalue weighted by Crippen LogP contribution is 2.34. The predicted octanol–water partition coefficient (Wildman–Crippen LogP) is 3.81. The normalized spacial score (nSPS) is 10.6. The number of halogens is 3. The van der Waals surface area contributed by atoms with Gasteiger partial charge in [0.25, 0.3) is 0 Å². The molecule has 0 saturated carbocycles. The molecule has 5 nitrogen and oxygen atoms in total. The molecule has 10 heteroatoms. The van der Waals surface area contributed by atoms with Gasteiger partial charge in [-0.2, -0.15) is 0 Å². The van der Waals surface area contributed by atoms with Gasteiger partial charge in [-0.25, -0.2) is 0 Å². The highest BCUT2D eigenvalue weighted by molar-refractivity contribution is 8.01. The standard InChI is InChI=1S/C10H7Cl3N4OS2/c11-4-1-5(12)8(6(13)2-4)15-7(18)3-19-10-17-16-9(14)20-10/h1-2H,3H2,(H2,14,16)(H,15,18). The largest absolute Gasteiger partial charge is 0.374 e. The van der Waals surface area contributed by atoms with Crippen LogP contribution in [0, 0.1) is 0 Å². The number of nitrogens with two attached hydrogens (primary N) is 1. The van der Waals surface area contributed by atoms with Gasteiger partial charge in [0.15, 0.2) is 4.34 Å². The van der Waals surface area contributed by atoms with Crippen molar-refractivity contribution in [2.45, 2.75) is 4.34 Å². The SMILES string of the molecule is Nc1nnc(SCC(=O)Nc2c(Cl)cc(Cl)cc2Cl)s1. The zero-order valence-electron chi connectivity index (χ0n) is 9.69. The molecule has 0 aliphatic carbocycles. The minimum atomic E-state index is -0.269. The van der Waals surface area contributed by atoms with Crippen LogP contribution in [0.4, 0.5) is 10.8 Å². The number of hydrogen-bond acceptors (Lipinski definition) is 6. The Bertz CT molecular complexity index is 626. The highest BCUT2D eigenvalue weighted by Gasteiger charge is 2.12. The molecule has 0 spiro atoms. The summed E-state index contributed by atoms with van der Waals surface area (Å²) in [5.74, 6) is -0.126. The molecule has 0 saturated heterocycles. The highest BCUT2D eigenvalue weighted by atomic mass is 35.5. The number of amides is 1. The van der Waals surface area contributed by atoms with Crippen LogP contribution in [0.2, 0.25) is 15.1 Å². The van der Waals surface area contributed by atoms with Crippen LogP contribution in [0.1, 0.15) is 0 Å². The fourth-order valence-corrected chi connectivity index (χ4v) is 3.59. The lowest BCUT2D eigenvalue weighted by atomic mass is 10.3. The Labute approximate surface area is 137 Å². The quantitative estimate of drug-likeness (QED) is 0.801. The van der Waals surface area contributed by atoms with E-state index in [4.69, 9.17) is 40.5 Å². The molecule has 3 N–H and O–H groups in total. The van der Waals surface area contributed by atoms with Crippen molar-refractivity contribution in [3.63, 3.8) is 0 Å². The summed E-state index contributed by atoms with van der Waals surface area (Å²) >= 11 is 20.2. The van der Waals surface area contributed by atoms with E-state index in [9.17, 15) is 4.79 Å². The fourth-order valence-electron chi connectivity index (χ4n) is 1.24. The van der Waals surface area contributed by atoms with E-state index in [1.807, 2.05) is 0 Å². The van der Waals surface area contributed by atoms with Gasteiger partial charge in [0.2, 0.25) is 11.0 Å². The third kappa shape index (κ3) is 4.13. The second-order valence-electron chi connectivity index (χ2n) is 3.49. The number of anilines is 2. The second-order valence-corrected chi connectivity index (χ2v) is 6.97. The molecule has 2 aromatic rings. The maximum atomic E-state index is 11.8. The number of nitrogens with one attached hydrogen (secondary N) is 1. The van der Waals surface area contributed by atoms with Gasteiger partial charge >= 0.3 is 0 Å². The second kappa shape index (κ2) is 6.82. The van der Waals surface area contributed by atoms with Gasteiger partial charge in [0, 0.05) is 5.02 Å². The van der Waals surface area contributed by atoms with Crippen molar-refractivity contribution in [1.29, 1.82) is 0 Å². The molecule has 1 amide bonds. The first-order valence-corrected chi connectivity index (χ1v) is 8.05. The van der Waals surface area contributed by atoms with E-state index in [1.54, 1.807) is 0 Å². The van der Waals surface area contributed by atoms with Crippen molar-refractivity contribution in [2.75, 3.05) is 16.8 Å². The van der Waals surface area contributed by atoms with E-state index < -0.39 is 0 Å². The maximum absolute atomic E-state index is 11.8. The van der Waals surface area contributed by atoms with Crippen LogP contribution in [0.15, 0.2) is 16.5 Å².